The molecule has 0 bridgehead atoms. The largest absolute Gasteiger partial charge is 0.411 e. The van der Waals surface area contributed by atoms with Gasteiger partial charge in [-0.05, 0) is 197 Å². The van der Waals surface area contributed by atoms with Crippen LogP contribution in [0.3, 0.4) is 0 Å². The van der Waals surface area contributed by atoms with Crippen molar-refractivity contribution in [1.29, 1.82) is 0 Å². The second-order valence-electron chi connectivity index (χ2n) is 26.5. The molecule has 496 valence electrons. The quantitative estimate of drug-likeness (QED) is 0.0573. The first kappa shape index (κ1) is 66.6. The fourth-order valence-corrected chi connectivity index (χ4v) is 18.5. The number of anilines is 4. The lowest BCUT2D eigenvalue weighted by Gasteiger charge is -2.39. The van der Waals surface area contributed by atoms with Gasteiger partial charge in [0, 0.05) is 31.6 Å². The van der Waals surface area contributed by atoms with Crippen LogP contribution in [-0.4, -0.2) is 92.4 Å². The van der Waals surface area contributed by atoms with E-state index in [2.05, 4.69) is 0 Å². The zero-order valence-corrected chi connectivity index (χ0v) is 54.8. The Balaban J connectivity index is 0.887. The van der Waals surface area contributed by atoms with Gasteiger partial charge in [-0.15, -0.1) is 0 Å². The minimum absolute atomic E-state index is 0.0153. The van der Waals surface area contributed by atoms with Gasteiger partial charge in [-0.2, -0.15) is 26.3 Å². The predicted octanol–water partition coefficient (Wildman–Crippen LogP) is 13.7. The Labute approximate surface area is 551 Å². The van der Waals surface area contributed by atoms with Gasteiger partial charge in [0.2, 0.25) is 17.2 Å². The third-order valence-electron chi connectivity index (χ3n) is 20.9. The van der Waals surface area contributed by atoms with Crippen LogP contribution in [0.4, 0.5) is 49.1 Å². The zero-order valence-electron chi connectivity index (χ0n) is 54.0. The summed E-state index contributed by atoms with van der Waals surface area (Å²) >= 11 is 0. The highest BCUT2D eigenvalue weighted by Gasteiger charge is 2.73. The molecule has 1 saturated heterocycles. The van der Waals surface area contributed by atoms with Crippen LogP contribution < -0.4 is 19.6 Å². The molecular weight excluding hydrogens is 1260 g/mol. The first-order valence-corrected chi connectivity index (χ1v) is 33.2. The van der Waals surface area contributed by atoms with Gasteiger partial charge in [-0.25, -0.2) is 23.1 Å². The van der Waals surface area contributed by atoms with Crippen LogP contribution in [0.15, 0.2) is 140 Å². The van der Waals surface area contributed by atoms with Crippen molar-refractivity contribution < 1.29 is 73.1 Å². The monoisotopic (exact) mass is 1330 g/mol. The predicted molar refractivity (Wildman–Crippen MR) is 349 cm³/mol. The van der Waals surface area contributed by atoms with Crippen LogP contribution in [0.2, 0.25) is 0 Å². The van der Waals surface area contributed by atoms with E-state index in [1.165, 1.54) is 26.0 Å². The summed E-state index contributed by atoms with van der Waals surface area (Å²) in [6.45, 7) is 11.3. The molecule has 7 atom stereocenters. The first-order valence-electron chi connectivity index (χ1n) is 31.6. The number of nitrogens with zero attached hydrogens (tertiary/aromatic N) is 4. The Morgan fingerprint density at radius 2 is 0.896 bits per heavy atom. The Bertz CT molecular complexity index is 4630. The molecule has 21 heteroatoms. The van der Waals surface area contributed by atoms with Crippen LogP contribution in [-0.2, 0) is 39.8 Å². The summed E-state index contributed by atoms with van der Waals surface area (Å²) in [5, 5.41) is -1.83. The lowest BCUT2D eigenvalue weighted by molar-refractivity contribution is -0.288. The maximum Gasteiger partial charge on any atom is 0.411 e. The molecule has 0 aromatic heterocycles. The molecule has 2 saturated carbocycles. The number of imide groups is 3. The molecule has 6 unspecified atom stereocenters. The fourth-order valence-electron chi connectivity index (χ4n) is 16.1. The summed E-state index contributed by atoms with van der Waals surface area (Å²) in [7, 11) is -0.366. The molecular formula is C75H68F6N4O10S. The smallest absolute Gasteiger partial charge is 0.377 e. The number of sulfone groups is 1. The number of hydrogen-bond acceptors (Lipinski definition) is 11. The Morgan fingerprint density at radius 1 is 0.438 bits per heavy atom. The number of amides is 6. The van der Waals surface area contributed by atoms with Crippen molar-refractivity contribution in [3.63, 3.8) is 0 Å². The molecule has 5 aliphatic rings. The second-order valence-corrected chi connectivity index (χ2v) is 29.0. The van der Waals surface area contributed by atoms with Gasteiger partial charge >= 0.3 is 12.4 Å². The zero-order chi connectivity index (χ0) is 69.4. The molecule has 0 radical (unpaired) electrons. The van der Waals surface area contributed by atoms with Crippen molar-refractivity contribution >= 4 is 79.6 Å². The molecule has 7 aromatic carbocycles. The number of Topliss-reactive ketones (excluding diaryl/α,β-unsaturated/α-hetero) is 2. The molecule has 3 aliphatic heterocycles. The van der Waals surface area contributed by atoms with Crippen molar-refractivity contribution in [1.82, 2.24) is 0 Å². The number of rotatable bonds is 14. The minimum Gasteiger partial charge on any atom is -0.377 e. The van der Waals surface area contributed by atoms with E-state index >= 15 is 26.3 Å². The summed E-state index contributed by atoms with van der Waals surface area (Å²) in [4.78, 5) is 116. The van der Waals surface area contributed by atoms with E-state index in [4.69, 9.17) is 0 Å². The Kier molecular flexibility index (Phi) is 16.5. The maximum atomic E-state index is 16.0. The van der Waals surface area contributed by atoms with Crippen molar-refractivity contribution in [2.75, 3.05) is 33.7 Å². The number of benzene rings is 7. The van der Waals surface area contributed by atoms with E-state index in [1.54, 1.807) is 77.0 Å². The summed E-state index contributed by atoms with van der Waals surface area (Å²) < 4.78 is 125. The van der Waals surface area contributed by atoms with Gasteiger partial charge in [0.25, 0.3) is 23.6 Å². The van der Waals surface area contributed by atoms with E-state index in [1.807, 2.05) is 67.6 Å². The Hall–Kier alpha value is -9.37. The number of carbonyl (C=O) groups excluding carboxylic acids is 8. The number of halogens is 6. The number of ketones is 2. The van der Waals surface area contributed by atoms with Gasteiger partial charge in [0.15, 0.2) is 9.84 Å². The van der Waals surface area contributed by atoms with E-state index in [9.17, 15) is 46.8 Å². The van der Waals surface area contributed by atoms with E-state index in [-0.39, 0.29) is 72.7 Å². The maximum absolute atomic E-state index is 16.0. The van der Waals surface area contributed by atoms with Crippen molar-refractivity contribution in [3.8, 4) is 0 Å². The standard InChI is InChI=1S/C75H68F6N4O10S/c1-39-15-13-14-18-61(39)72(46-16-11-10-12-17-46,48-22-30-63(41(3)32-48)84-67(89)56-28-24-52(38-60(56)71(84)93)96(94,95)51-23-27-53(44(6)86)57(37-51)45(7)87)47-21-29-62(40(2)31-47)83-66(88)54-25-19-49(35-58(54)69(83)91)73(74(76,77)78,75(79,80)81)50-20-26-55-59(36-50)70(92)85(68(55)90)65-34-42(4)64(82(8)9)33-43(65)5/h10-22,25-26,29-36,51-53,56-57,60H,23-24,27-28,37-38H2,1-9H3/t51?,52?,53?,56?,57?,60?,72-/m1/s1. The molecule has 2 aliphatic carbocycles. The lowest BCUT2D eigenvalue weighted by Crippen LogP contribution is -2.55. The summed E-state index contributed by atoms with van der Waals surface area (Å²) in [6, 6.07) is 33.6. The summed E-state index contributed by atoms with van der Waals surface area (Å²) in [5.74, 6) is -8.79. The minimum atomic E-state index is -6.21. The lowest BCUT2D eigenvalue weighted by atomic mass is 9.63. The first-order chi connectivity index (χ1) is 45.2. The van der Waals surface area contributed by atoms with Crippen molar-refractivity contribution in [2.45, 2.75) is 121 Å². The highest BCUT2D eigenvalue weighted by atomic mass is 32.2. The summed E-state index contributed by atoms with van der Waals surface area (Å²) in [5.41, 5.74) is -5.13. The van der Waals surface area contributed by atoms with Crippen LogP contribution in [0.1, 0.15) is 155 Å². The number of alkyl halides is 6. The topological polar surface area (TPSA) is 184 Å². The third kappa shape index (κ3) is 10.1. The average molecular weight is 1330 g/mol. The van der Waals surface area contributed by atoms with E-state index < -0.39 is 136 Å². The molecule has 3 fully saturated rings. The molecule has 7 aromatic rings. The van der Waals surface area contributed by atoms with E-state index in [0.717, 1.165) is 44.3 Å². The normalized spacial score (nSPS) is 21.3. The average Bonchev–Trinajstić information content (AvgIpc) is 1.07. The number of fused-ring (bicyclic) bond motifs is 3. The molecule has 96 heavy (non-hydrogen) atoms. The summed E-state index contributed by atoms with van der Waals surface area (Å²) in [6.07, 6.45) is -11.8. The van der Waals surface area contributed by atoms with Gasteiger partial charge in [0.1, 0.15) is 11.6 Å². The van der Waals surface area contributed by atoms with Crippen molar-refractivity contribution in [3.05, 3.63) is 223 Å². The molecule has 3 heterocycles. The van der Waals surface area contributed by atoms with E-state index in [0.29, 0.717) is 57.0 Å². The number of aryl methyl sites for hydroxylation is 5. The van der Waals surface area contributed by atoms with Crippen LogP contribution in [0.5, 0.6) is 0 Å². The van der Waals surface area contributed by atoms with Crippen molar-refractivity contribution in [2.24, 2.45) is 23.7 Å². The van der Waals surface area contributed by atoms with Gasteiger partial charge in [0.05, 0.1) is 67.1 Å². The fraction of sp³-hybridized carbons (Fsp3) is 0.333. The SMILES string of the molecule is CC(=O)C1CCC(S(=O)(=O)C2CCC3C(=O)N(c4ccc([C@@](c5ccccc5)(c5ccc(N6C(=O)c7ccc(C(c8ccc9c(c8)C(=O)N(c8cc(C)c(N(C)C)cc8C)C9=O)(C(F)(F)F)C(F)(F)F)cc7C6=O)c(C)c5)c5ccccc5C)cc4C)C(=O)C3C2)CC1C(C)=O. The molecule has 12 rings (SSSR count). The highest BCUT2D eigenvalue weighted by molar-refractivity contribution is 7.92. The third-order valence-corrected chi connectivity index (χ3v) is 23.6. The Morgan fingerprint density at radius 3 is 1.41 bits per heavy atom. The molecule has 6 amide bonds. The number of hydrogen-bond donors (Lipinski definition) is 0. The second kappa shape index (κ2) is 23.8. The van der Waals surface area contributed by atoms with Crippen LogP contribution in [0, 0.1) is 58.3 Å². The van der Waals surface area contributed by atoms with Crippen LogP contribution in [0.25, 0.3) is 0 Å². The number of carbonyl (C=O) groups is 8. The molecule has 14 nitrogen and oxygen atoms in total. The van der Waals surface area contributed by atoms with Gasteiger partial charge in [-0.1, -0.05) is 91.0 Å². The molecule has 0 N–H and O–H groups in total. The molecule has 0 spiro atoms. The highest BCUT2D eigenvalue weighted by Crippen LogP contribution is 2.58. The van der Waals surface area contributed by atoms with Gasteiger partial charge in [-0.3, -0.25) is 38.4 Å². The van der Waals surface area contributed by atoms with Gasteiger partial charge < -0.3 is 4.90 Å². The van der Waals surface area contributed by atoms with Crippen LogP contribution >= 0.6 is 0 Å².